The second-order valence-corrected chi connectivity index (χ2v) is 8.61. The summed E-state index contributed by atoms with van der Waals surface area (Å²) in [6.45, 7) is 1.93. The molecule has 2 N–H and O–H groups in total. The van der Waals surface area contributed by atoms with Crippen molar-refractivity contribution < 1.29 is 9.13 Å². The van der Waals surface area contributed by atoms with Gasteiger partial charge in [0.1, 0.15) is 18.2 Å². The van der Waals surface area contributed by atoms with E-state index >= 15 is 0 Å². The monoisotopic (exact) mass is 497 g/mol. The first-order chi connectivity index (χ1) is 18.2. The lowest BCUT2D eigenvalue weighted by molar-refractivity contribution is 0.299. The molecule has 0 amide bonds. The van der Waals surface area contributed by atoms with Gasteiger partial charge >= 0.3 is 0 Å². The average molecular weight is 498 g/mol. The molecule has 37 heavy (non-hydrogen) atoms. The summed E-state index contributed by atoms with van der Waals surface area (Å²) in [6.07, 6.45) is 5.06. The molecule has 1 aromatic heterocycles. The van der Waals surface area contributed by atoms with Gasteiger partial charge in [-0.2, -0.15) is 20.1 Å². The number of hydrogen-bond donors (Lipinski definition) is 2. The van der Waals surface area contributed by atoms with E-state index in [2.05, 4.69) is 35.7 Å². The number of hydrazone groups is 1. The first kappa shape index (κ1) is 24.2. The highest BCUT2D eigenvalue weighted by Gasteiger charge is 2.16. The molecule has 1 aliphatic heterocycles. The molecule has 2 heterocycles. The zero-order valence-corrected chi connectivity index (χ0v) is 20.3. The summed E-state index contributed by atoms with van der Waals surface area (Å²) in [5, 5.41) is 7.60. The fourth-order valence-corrected chi connectivity index (χ4v) is 4.01. The second kappa shape index (κ2) is 11.9. The lowest BCUT2D eigenvalue weighted by Gasteiger charge is -2.26. The van der Waals surface area contributed by atoms with E-state index in [1.807, 2.05) is 54.6 Å². The molecule has 9 heteroatoms. The molecule has 8 nitrogen and oxygen atoms in total. The SMILES string of the molecule is Fc1ccccc1COc1ccccc1/C=N\Nc1nc(Nc2ccccc2)nc(N2CCCCC2)n1. The van der Waals surface area contributed by atoms with Crippen LogP contribution < -0.4 is 20.4 Å². The zero-order chi connectivity index (χ0) is 25.3. The number of hydrogen-bond acceptors (Lipinski definition) is 8. The first-order valence-corrected chi connectivity index (χ1v) is 12.3. The topological polar surface area (TPSA) is 87.6 Å². The van der Waals surface area contributed by atoms with Gasteiger partial charge in [0.25, 0.3) is 0 Å². The Morgan fingerprint density at radius 3 is 2.41 bits per heavy atom. The highest BCUT2D eigenvalue weighted by atomic mass is 19.1. The van der Waals surface area contributed by atoms with Gasteiger partial charge in [0.15, 0.2) is 0 Å². The maximum absolute atomic E-state index is 14.0. The van der Waals surface area contributed by atoms with E-state index in [1.54, 1.807) is 24.4 Å². The van der Waals surface area contributed by atoms with Crippen LogP contribution in [0.1, 0.15) is 30.4 Å². The van der Waals surface area contributed by atoms with Crippen molar-refractivity contribution in [1.29, 1.82) is 0 Å². The van der Waals surface area contributed by atoms with Gasteiger partial charge in [-0.15, -0.1) is 0 Å². The van der Waals surface area contributed by atoms with Gasteiger partial charge in [0.2, 0.25) is 17.8 Å². The Morgan fingerprint density at radius 1 is 0.838 bits per heavy atom. The summed E-state index contributed by atoms with van der Waals surface area (Å²) in [5.74, 6) is 1.67. The number of para-hydroxylation sites is 2. The summed E-state index contributed by atoms with van der Waals surface area (Å²) >= 11 is 0. The fourth-order valence-electron chi connectivity index (χ4n) is 4.01. The van der Waals surface area contributed by atoms with Crippen molar-refractivity contribution in [1.82, 2.24) is 15.0 Å². The lowest BCUT2D eigenvalue weighted by atomic mass is 10.1. The molecule has 0 unspecified atom stereocenters. The minimum Gasteiger partial charge on any atom is -0.488 e. The first-order valence-electron chi connectivity index (χ1n) is 12.3. The molecule has 4 aromatic rings. The third kappa shape index (κ3) is 6.58. The number of aromatic nitrogens is 3. The summed E-state index contributed by atoms with van der Waals surface area (Å²) < 4.78 is 19.9. The predicted molar refractivity (Wildman–Crippen MR) is 144 cm³/mol. The minimum absolute atomic E-state index is 0.117. The number of benzene rings is 3. The Labute approximate surface area is 215 Å². The van der Waals surface area contributed by atoms with E-state index < -0.39 is 0 Å². The molecule has 0 spiro atoms. The molecule has 1 saturated heterocycles. The molecule has 0 aliphatic carbocycles. The van der Waals surface area contributed by atoms with Crippen molar-refractivity contribution in [2.45, 2.75) is 25.9 Å². The van der Waals surface area contributed by atoms with Gasteiger partial charge in [-0.3, -0.25) is 0 Å². The van der Waals surface area contributed by atoms with Crippen LogP contribution in [0.4, 0.5) is 27.9 Å². The van der Waals surface area contributed by atoms with Crippen LogP contribution in [0.15, 0.2) is 84.0 Å². The van der Waals surface area contributed by atoms with Gasteiger partial charge in [-0.25, -0.2) is 9.82 Å². The molecular weight excluding hydrogens is 469 g/mol. The van der Waals surface area contributed by atoms with Crippen molar-refractivity contribution >= 4 is 29.7 Å². The normalized spacial score (nSPS) is 13.5. The van der Waals surface area contributed by atoms with Crippen LogP contribution in [0.5, 0.6) is 5.75 Å². The summed E-state index contributed by atoms with van der Waals surface area (Å²) in [4.78, 5) is 15.9. The minimum atomic E-state index is -0.297. The van der Waals surface area contributed by atoms with Gasteiger partial charge in [-0.05, 0) is 49.6 Å². The third-order valence-corrected chi connectivity index (χ3v) is 5.92. The van der Waals surface area contributed by atoms with Crippen LogP contribution in [0.2, 0.25) is 0 Å². The molecule has 0 bridgehead atoms. The number of ether oxygens (including phenoxy) is 1. The molecule has 0 saturated carbocycles. The van der Waals surface area contributed by atoms with Crippen LogP contribution in [0, 0.1) is 5.82 Å². The standard InChI is InChI=1S/C28H28FN7O/c29-24-15-7-5-12-22(24)20-37-25-16-8-6-11-21(25)19-30-35-27-32-26(31-23-13-3-1-4-14-23)33-28(34-27)36-17-9-2-10-18-36/h1,3-8,11-16,19H,2,9-10,17-18,20H2,(H2,31,32,33,34,35)/b30-19-. The largest absolute Gasteiger partial charge is 0.488 e. The van der Waals surface area contributed by atoms with Crippen molar-refractivity contribution in [3.63, 3.8) is 0 Å². The van der Waals surface area contributed by atoms with E-state index in [0.29, 0.717) is 29.2 Å². The number of rotatable bonds is 9. The van der Waals surface area contributed by atoms with Crippen LogP contribution in [-0.2, 0) is 6.61 Å². The number of halogens is 1. The highest BCUT2D eigenvalue weighted by Crippen LogP contribution is 2.22. The summed E-state index contributed by atoms with van der Waals surface area (Å²) in [5.41, 5.74) is 5.04. The van der Waals surface area contributed by atoms with E-state index in [-0.39, 0.29) is 12.4 Å². The molecule has 3 aromatic carbocycles. The molecule has 1 fully saturated rings. The molecule has 0 atom stereocenters. The van der Waals surface area contributed by atoms with Crippen molar-refractivity contribution in [2.24, 2.45) is 5.10 Å². The van der Waals surface area contributed by atoms with E-state index in [1.165, 1.54) is 12.5 Å². The molecule has 5 rings (SSSR count). The maximum Gasteiger partial charge on any atom is 0.250 e. The van der Waals surface area contributed by atoms with Gasteiger partial charge < -0.3 is 15.0 Å². The lowest BCUT2D eigenvalue weighted by Crippen LogP contribution is -2.31. The van der Waals surface area contributed by atoms with Crippen LogP contribution >= 0.6 is 0 Å². The van der Waals surface area contributed by atoms with Crippen molar-refractivity contribution in [3.8, 4) is 5.75 Å². The van der Waals surface area contributed by atoms with Crippen molar-refractivity contribution in [3.05, 3.63) is 95.8 Å². The second-order valence-electron chi connectivity index (χ2n) is 8.61. The third-order valence-electron chi connectivity index (χ3n) is 5.92. The van der Waals surface area contributed by atoms with E-state index in [9.17, 15) is 4.39 Å². The number of anilines is 4. The predicted octanol–water partition coefficient (Wildman–Crippen LogP) is 5.77. The van der Waals surface area contributed by atoms with Crippen LogP contribution in [0.25, 0.3) is 0 Å². The Morgan fingerprint density at radius 2 is 1.57 bits per heavy atom. The Bertz CT molecular complexity index is 1340. The summed E-state index contributed by atoms with van der Waals surface area (Å²) in [6, 6.07) is 23.8. The molecule has 0 radical (unpaired) electrons. The van der Waals surface area contributed by atoms with Crippen LogP contribution in [0.3, 0.4) is 0 Å². The average Bonchev–Trinajstić information content (AvgIpc) is 2.94. The Kier molecular flexibility index (Phi) is 7.80. The number of nitrogens with zero attached hydrogens (tertiary/aromatic N) is 5. The summed E-state index contributed by atoms with van der Waals surface area (Å²) in [7, 11) is 0. The highest BCUT2D eigenvalue weighted by molar-refractivity contribution is 5.83. The maximum atomic E-state index is 14.0. The number of nitrogens with one attached hydrogen (secondary N) is 2. The number of piperidine rings is 1. The van der Waals surface area contributed by atoms with Crippen LogP contribution in [-0.4, -0.2) is 34.3 Å². The van der Waals surface area contributed by atoms with E-state index in [4.69, 9.17) is 4.74 Å². The molecule has 1 aliphatic rings. The van der Waals surface area contributed by atoms with Gasteiger partial charge in [0.05, 0.1) is 6.21 Å². The molecule has 188 valence electrons. The quantitative estimate of drug-likeness (QED) is 0.224. The fraction of sp³-hybridized carbons (Fsp3) is 0.214. The van der Waals surface area contributed by atoms with E-state index in [0.717, 1.165) is 37.2 Å². The van der Waals surface area contributed by atoms with Crippen molar-refractivity contribution in [2.75, 3.05) is 28.7 Å². The molecular formula is C28H28FN7O. The smallest absolute Gasteiger partial charge is 0.250 e. The Hall–Kier alpha value is -4.53. The van der Waals surface area contributed by atoms with Gasteiger partial charge in [-0.1, -0.05) is 48.5 Å². The Balaban J connectivity index is 1.32. The van der Waals surface area contributed by atoms with Gasteiger partial charge in [0, 0.05) is 29.9 Å². The zero-order valence-electron chi connectivity index (χ0n) is 20.3.